The molecule has 122 valence electrons. The maximum atomic E-state index is 11.8. The fraction of sp³-hybridized carbons (Fsp3) is 0.737. The van der Waals surface area contributed by atoms with Gasteiger partial charge in [-0.1, -0.05) is 38.9 Å². The fourth-order valence-electron chi connectivity index (χ4n) is 3.48. The highest BCUT2D eigenvalue weighted by atomic mass is 28.3. The van der Waals surface area contributed by atoms with Gasteiger partial charge in [0, 0.05) is 37.7 Å². The van der Waals surface area contributed by atoms with E-state index in [-0.39, 0.29) is 0 Å². The Bertz CT molecular complexity index is 460. The number of rotatable bonds is 4. The van der Waals surface area contributed by atoms with E-state index >= 15 is 0 Å². The molecule has 3 heteroatoms. The lowest BCUT2D eigenvalue weighted by atomic mass is 9.80. The molecule has 1 aliphatic carbocycles. The minimum atomic E-state index is -1.04. The molecule has 1 fully saturated rings. The van der Waals surface area contributed by atoms with Crippen LogP contribution in [0.2, 0.25) is 25.7 Å². The summed E-state index contributed by atoms with van der Waals surface area (Å²) in [6.45, 7) is 8.06. The van der Waals surface area contributed by atoms with E-state index in [1.807, 2.05) is 6.20 Å². The van der Waals surface area contributed by atoms with E-state index in [9.17, 15) is 4.79 Å². The van der Waals surface area contributed by atoms with Crippen molar-refractivity contribution in [1.82, 2.24) is 4.90 Å². The smallest absolute Gasteiger partial charge is 0.159 e. The van der Waals surface area contributed by atoms with Gasteiger partial charge in [0.15, 0.2) is 5.78 Å². The molecule has 0 bridgehead atoms. The summed E-state index contributed by atoms with van der Waals surface area (Å²) in [6, 6.07) is 1.52. The van der Waals surface area contributed by atoms with Crippen molar-refractivity contribution in [3.63, 3.8) is 0 Å². The van der Waals surface area contributed by atoms with Gasteiger partial charge in [-0.25, -0.2) is 0 Å². The van der Waals surface area contributed by atoms with Crippen molar-refractivity contribution in [2.45, 2.75) is 76.7 Å². The SMILES string of the molecule is C[Si](C)(C)CC#CCCN1C=CC(=O)CC1C1CCCCC1. The molecular weight excluding hydrogens is 286 g/mol. The van der Waals surface area contributed by atoms with Gasteiger partial charge >= 0.3 is 0 Å². The zero-order valence-electron chi connectivity index (χ0n) is 14.5. The van der Waals surface area contributed by atoms with Crippen molar-refractivity contribution < 1.29 is 4.79 Å². The van der Waals surface area contributed by atoms with Crippen LogP contribution in [-0.2, 0) is 4.79 Å². The highest BCUT2D eigenvalue weighted by Crippen LogP contribution is 2.32. The summed E-state index contributed by atoms with van der Waals surface area (Å²) >= 11 is 0. The van der Waals surface area contributed by atoms with Crippen LogP contribution in [0.1, 0.15) is 44.9 Å². The Balaban J connectivity index is 1.88. The number of nitrogens with zero attached hydrogens (tertiary/aromatic N) is 1. The Kier molecular flexibility index (Phi) is 6.32. The van der Waals surface area contributed by atoms with E-state index in [0.29, 0.717) is 24.2 Å². The van der Waals surface area contributed by atoms with Gasteiger partial charge in [-0.15, -0.1) is 11.8 Å². The topological polar surface area (TPSA) is 20.3 Å². The Hall–Kier alpha value is -1.01. The minimum absolute atomic E-state index is 0.302. The van der Waals surface area contributed by atoms with Gasteiger partial charge in [0.2, 0.25) is 0 Å². The molecule has 0 aromatic carbocycles. The average molecular weight is 318 g/mol. The van der Waals surface area contributed by atoms with Gasteiger partial charge in [-0.2, -0.15) is 0 Å². The second-order valence-electron chi connectivity index (χ2n) is 8.03. The van der Waals surface area contributed by atoms with Gasteiger partial charge in [0.25, 0.3) is 0 Å². The molecule has 0 saturated heterocycles. The first-order valence-electron chi connectivity index (χ1n) is 8.88. The number of allylic oxidation sites excluding steroid dienone is 1. The van der Waals surface area contributed by atoms with E-state index in [1.165, 1.54) is 32.1 Å². The first-order valence-corrected chi connectivity index (χ1v) is 12.6. The van der Waals surface area contributed by atoms with Crippen LogP contribution in [0, 0.1) is 17.8 Å². The van der Waals surface area contributed by atoms with Gasteiger partial charge in [0.05, 0.1) is 8.07 Å². The molecule has 1 heterocycles. The Morgan fingerprint density at radius 1 is 1.18 bits per heavy atom. The van der Waals surface area contributed by atoms with Crippen LogP contribution in [0.5, 0.6) is 0 Å². The number of hydrogen-bond donors (Lipinski definition) is 0. The Morgan fingerprint density at radius 2 is 1.91 bits per heavy atom. The highest BCUT2D eigenvalue weighted by Gasteiger charge is 2.30. The lowest BCUT2D eigenvalue weighted by Crippen LogP contribution is -2.42. The minimum Gasteiger partial charge on any atom is -0.373 e. The maximum Gasteiger partial charge on any atom is 0.159 e. The molecule has 1 saturated carbocycles. The Labute approximate surface area is 137 Å². The summed E-state index contributed by atoms with van der Waals surface area (Å²) in [5.74, 6) is 7.72. The van der Waals surface area contributed by atoms with Crippen LogP contribution >= 0.6 is 0 Å². The van der Waals surface area contributed by atoms with Gasteiger partial charge in [-0.05, 0) is 24.8 Å². The van der Waals surface area contributed by atoms with Gasteiger partial charge in [-0.3, -0.25) is 4.79 Å². The van der Waals surface area contributed by atoms with E-state index in [4.69, 9.17) is 0 Å². The van der Waals surface area contributed by atoms with E-state index < -0.39 is 8.07 Å². The predicted octanol–water partition coefficient (Wildman–Crippen LogP) is 4.46. The zero-order valence-corrected chi connectivity index (χ0v) is 15.5. The maximum absolute atomic E-state index is 11.8. The average Bonchev–Trinajstić information content (AvgIpc) is 2.48. The predicted molar refractivity (Wildman–Crippen MR) is 96.4 cm³/mol. The molecule has 0 aromatic rings. The van der Waals surface area contributed by atoms with Crippen LogP contribution in [-0.4, -0.2) is 31.3 Å². The summed E-state index contributed by atoms with van der Waals surface area (Å²) in [5, 5.41) is 0. The van der Waals surface area contributed by atoms with Crippen LogP contribution in [0.25, 0.3) is 0 Å². The molecule has 2 nitrogen and oxygen atoms in total. The molecular formula is C19H31NOSi. The van der Waals surface area contributed by atoms with Crippen LogP contribution in [0.15, 0.2) is 12.3 Å². The number of carbonyl (C=O) groups excluding carboxylic acids is 1. The summed E-state index contributed by atoms with van der Waals surface area (Å²) in [5.41, 5.74) is 0. The lowest BCUT2D eigenvalue weighted by molar-refractivity contribution is -0.117. The molecule has 0 N–H and O–H groups in total. The highest BCUT2D eigenvalue weighted by molar-refractivity contribution is 6.76. The molecule has 0 spiro atoms. The Morgan fingerprint density at radius 3 is 2.59 bits per heavy atom. The van der Waals surface area contributed by atoms with Crippen molar-refractivity contribution in [2.75, 3.05) is 6.54 Å². The van der Waals surface area contributed by atoms with Crippen molar-refractivity contribution in [2.24, 2.45) is 5.92 Å². The third kappa shape index (κ3) is 5.65. The summed E-state index contributed by atoms with van der Waals surface area (Å²) < 4.78 is 0. The number of ketones is 1. The standard InChI is InChI=1S/C19H31NOSi/c1-22(2,3)15-9-5-8-13-20-14-12-18(21)16-19(20)17-10-6-4-7-11-17/h12,14,17,19H,4,6-8,10-11,13,15-16H2,1-3H3. The second kappa shape index (κ2) is 8.01. The number of hydrogen-bond acceptors (Lipinski definition) is 2. The lowest BCUT2D eigenvalue weighted by Gasteiger charge is -2.39. The van der Waals surface area contributed by atoms with E-state index in [1.54, 1.807) is 6.08 Å². The van der Waals surface area contributed by atoms with E-state index in [0.717, 1.165) is 19.0 Å². The van der Waals surface area contributed by atoms with Crippen molar-refractivity contribution in [3.05, 3.63) is 12.3 Å². The summed E-state index contributed by atoms with van der Waals surface area (Å²) in [6.07, 6.45) is 12.1. The van der Waals surface area contributed by atoms with Crippen LogP contribution in [0.3, 0.4) is 0 Å². The monoisotopic (exact) mass is 317 g/mol. The van der Waals surface area contributed by atoms with Crippen LogP contribution in [0.4, 0.5) is 0 Å². The third-order valence-electron chi connectivity index (χ3n) is 4.72. The molecule has 1 atom stereocenters. The zero-order chi connectivity index (χ0) is 16.0. The molecule has 2 aliphatic rings. The van der Waals surface area contributed by atoms with Crippen molar-refractivity contribution in [1.29, 1.82) is 0 Å². The van der Waals surface area contributed by atoms with Crippen LogP contribution < -0.4 is 0 Å². The van der Waals surface area contributed by atoms with Gasteiger partial charge < -0.3 is 4.90 Å². The normalized spacial score (nSPS) is 23.3. The molecule has 1 aliphatic heterocycles. The molecule has 0 amide bonds. The van der Waals surface area contributed by atoms with Gasteiger partial charge in [0.1, 0.15) is 0 Å². The van der Waals surface area contributed by atoms with E-state index in [2.05, 4.69) is 36.4 Å². The first-order chi connectivity index (χ1) is 10.5. The van der Waals surface area contributed by atoms with Crippen molar-refractivity contribution in [3.8, 4) is 11.8 Å². The third-order valence-corrected chi connectivity index (χ3v) is 5.96. The molecule has 22 heavy (non-hydrogen) atoms. The van der Waals surface area contributed by atoms with Crippen molar-refractivity contribution >= 4 is 13.9 Å². The second-order valence-corrected chi connectivity index (χ2v) is 13.5. The number of carbonyl (C=O) groups is 1. The molecule has 0 aromatic heterocycles. The molecule has 2 rings (SSSR count). The molecule has 1 unspecified atom stereocenters. The summed E-state index contributed by atoms with van der Waals surface area (Å²) in [4.78, 5) is 14.2. The molecule has 0 radical (unpaired) electrons. The quantitative estimate of drug-likeness (QED) is 0.564. The fourth-order valence-corrected chi connectivity index (χ4v) is 4.13. The first kappa shape index (κ1) is 17.3. The summed E-state index contributed by atoms with van der Waals surface area (Å²) in [7, 11) is -1.04. The largest absolute Gasteiger partial charge is 0.373 e.